The van der Waals surface area contributed by atoms with Gasteiger partial charge in [0, 0.05) is 24.3 Å². The van der Waals surface area contributed by atoms with Crippen LogP contribution in [-0.4, -0.2) is 25.2 Å². The Labute approximate surface area is 112 Å². The topological polar surface area (TPSA) is 58.6 Å². The lowest BCUT2D eigenvalue weighted by atomic mass is 10.1. The number of hydrogen-bond donors (Lipinski definition) is 1. The molecule has 1 aliphatic rings. The van der Waals surface area contributed by atoms with Gasteiger partial charge >= 0.3 is 6.09 Å². The lowest BCUT2D eigenvalue weighted by Gasteiger charge is -2.26. The van der Waals surface area contributed by atoms with E-state index in [1.165, 1.54) is 0 Å². The predicted octanol–water partition coefficient (Wildman–Crippen LogP) is 2.77. The SMILES string of the molecule is CCOC(=O)Nc1ccc(N2CCCCC2=O)cc1. The summed E-state index contributed by atoms with van der Waals surface area (Å²) in [7, 11) is 0. The molecule has 0 atom stereocenters. The number of benzene rings is 1. The fraction of sp³-hybridized carbons (Fsp3) is 0.429. The standard InChI is InChI=1S/C14H18N2O3/c1-2-19-14(18)15-11-6-8-12(9-7-11)16-10-4-3-5-13(16)17/h6-9H,2-5,10H2,1H3,(H,15,18). The van der Waals surface area contributed by atoms with Crippen LogP contribution >= 0.6 is 0 Å². The highest BCUT2D eigenvalue weighted by Gasteiger charge is 2.19. The van der Waals surface area contributed by atoms with Crippen LogP contribution in [0.1, 0.15) is 26.2 Å². The first-order valence-corrected chi connectivity index (χ1v) is 6.55. The molecule has 0 aromatic heterocycles. The van der Waals surface area contributed by atoms with E-state index in [0.29, 0.717) is 18.7 Å². The molecule has 0 spiro atoms. The molecule has 1 aromatic carbocycles. The summed E-state index contributed by atoms with van der Waals surface area (Å²) in [5.41, 5.74) is 1.53. The van der Waals surface area contributed by atoms with Crippen molar-refractivity contribution in [1.82, 2.24) is 0 Å². The summed E-state index contributed by atoms with van der Waals surface area (Å²) >= 11 is 0. The minimum absolute atomic E-state index is 0.164. The van der Waals surface area contributed by atoms with E-state index in [2.05, 4.69) is 5.32 Å². The number of anilines is 2. The van der Waals surface area contributed by atoms with Crippen molar-refractivity contribution in [3.05, 3.63) is 24.3 Å². The van der Waals surface area contributed by atoms with Crippen LogP contribution in [0.15, 0.2) is 24.3 Å². The van der Waals surface area contributed by atoms with Crippen LogP contribution in [0.3, 0.4) is 0 Å². The van der Waals surface area contributed by atoms with E-state index in [1.54, 1.807) is 24.0 Å². The molecule has 5 heteroatoms. The molecule has 1 saturated heterocycles. The number of carbonyl (C=O) groups is 2. The molecule has 0 unspecified atom stereocenters. The molecule has 0 aliphatic carbocycles. The molecule has 0 radical (unpaired) electrons. The van der Waals surface area contributed by atoms with Gasteiger partial charge in [0.05, 0.1) is 6.61 Å². The van der Waals surface area contributed by atoms with Gasteiger partial charge in [0.1, 0.15) is 0 Å². The second-order valence-electron chi connectivity index (χ2n) is 4.39. The summed E-state index contributed by atoms with van der Waals surface area (Å²) in [4.78, 5) is 24.8. The first-order chi connectivity index (χ1) is 9.20. The minimum Gasteiger partial charge on any atom is -0.450 e. The van der Waals surface area contributed by atoms with Crippen LogP contribution in [0.4, 0.5) is 16.2 Å². The molecule has 1 aliphatic heterocycles. The second-order valence-corrected chi connectivity index (χ2v) is 4.39. The van der Waals surface area contributed by atoms with Crippen LogP contribution in [0, 0.1) is 0 Å². The number of piperidine rings is 1. The Morgan fingerprint density at radius 3 is 2.68 bits per heavy atom. The van der Waals surface area contributed by atoms with Gasteiger partial charge in [0.25, 0.3) is 0 Å². The van der Waals surface area contributed by atoms with Crippen LogP contribution in [0.25, 0.3) is 0 Å². The maximum Gasteiger partial charge on any atom is 0.411 e. The fourth-order valence-corrected chi connectivity index (χ4v) is 2.09. The monoisotopic (exact) mass is 262 g/mol. The van der Waals surface area contributed by atoms with Gasteiger partial charge in [0.15, 0.2) is 0 Å². The Morgan fingerprint density at radius 1 is 1.32 bits per heavy atom. The van der Waals surface area contributed by atoms with E-state index in [1.807, 2.05) is 12.1 Å². The van der Waals surface area contributed by atoms with Gasteiger partial charge in [-0.15, -0.1) is 0 Å². The largest absolute Gasteiger partial charge is 0.450 e. The Balaban J connectivity index is 2.01. The van der Waals surface area contributed by atoms with E-state index in [4.69, 9.17) is 4.74 Å². The van der Waals surface area contributed by atoms with E-state index in [9.17, 15) is 9.59 Å². The molecule has 19 heavy (non-hydrogen) atoms. The van der Waals surface area contributed by atoms with Crippen LogP contribution < -0.4 is 10.2 Å². The Morgan fingerprint density at radius 2 is 2.05 bits per heavy atom. The molecule has 0 saturated carbocycles. The lowest BCUT2D eigenvalue weighted by Crippen LogP contribution is -2.35. The Hall–Kier alpha value is -2.04. The molecule has 2 amide bonds. The molecule has 102 valence electrons. The van der Waals surface area contributed by atoms with Crippen molar-refractivity contribution in [3.8, 4) is 0 Å². The highest BCUT2D eigenvalue weighted by molar-refractivity contribution is 5.94. The summed E-state index contributed by atoms with van der Waals surface area (Å²) in [6.07, 6.45) is 2.15. The fourth-order valence-electron chi connectivity index (χ4n) is 2.09. The first kappa shape index (κ1) is 13.4. The summed E-state index contributed by atoms with van der Waals surface area (Å²) in [5.74, 6) is 0.164. The van der Waals surface area contributed by atoms with Gasteiger partial charge in [-0.1, -0.05) is 0 Å². The predicted molar refractivity (Wildman–Crippen MR) is 73.3 cm³/mol. The number of nitrogens with zero attached hydrogens (tertiary/aromatic N) is 1. The normalized spacial score (nSPS) is 15.2. The van der Waals surface area contributed by atoms with Crippen molar-refractivity contribution < 1.29 is 14.3 Å². The third-order valence-electron chi connectivity index (χ3n) is 3.02. The van der Waals surface area contributed by atoms with E-state index >= 15 is 0 Å². The number of amides is 2. The van der Waals surface area contributed by atoms with Gasteiger partial charge < -0.3 is 9.64 Å². The Kier molecular flexibility index (Phi) is 4.39. The first-order valence-electron chi connectivity index (χ1n) is 6.55. The van der Waals surface area contributed by atoms with Gasteiger partial charge in [-0.05, 0) is 44.0 Å². The van der Waals surface area contributed by atoms with E-state index in [0.717, 1.165) is 25.1 Å². The highest BCUT2D eigenvalue weighted by Crippen LogP contribution is 2.22. The lowest BCUT2D eigenvalue weighted by molar-refractivity contribution is -0.119. The minimum atomic E-state index is -0.468. The van der Waals surface area contributed by atoms with Crippen LogP contribution in [-0.2, 0) is 9.53 Å². The third-order valence-corrected chi connectivity index (χ3v) is 3.02. The van der Waals surface area contributed by atoms with Gasteiger partial charge in [-0.2, -0.15) is 0 Å². The summed E-state index contributed by atoms with van der Waals surface area (Å²) in [6, 6.07) is 7.22. The number of hydrogen-bond acceptors (Lipinski definition) is 3. The van der Waals surface area contributed by atoms with Gasteiger partial charge in [-0.3, -0.25) is 10.1 Å². The molecule has 0 bridgehead atoms. The molecule has 1 aromatic rings. The third kappa shape index (κ3) is 3.47. The number of rotatable bonds is 3. The molecule has 1 N–H and O–H groups in total. The van der Waals surface area contributed by atoms with Crippen molar-refractivity contribution in [2.45, 2.75) is 26.2 Å². The van der Waals surface area contributed by atoms with Crippen molar-refractivity contribution in [3.63, 3.8) is 0 Å². The summed E-state index contributed by atoms with van der Waals surface area (Å²) in [5, 5.41) is 2.62. The summed E-state index contributed by atoms with van der Waals surface area (Å²) < 4.78 is 4.79. The van der Waals surface area contributed by atoms with E-state index in [-0.39, 0.29) is 5.91 Å². The molecule has 5 nitrogen and oxygen atoms in total. The van der Waals surface area contributed by atoms with Crippen molar-refractivity contribution in [1.29, 1.82) is 0 Å². The van der Waals surface area contributed by atoms with E-state index < -0.39 is 6.09 Å². The zero-order valence-corrected chi connectivity index (χ0v) is 11.0. The molecule has 1 fully saturated rings. The van der Waals surface area contributed by atoms with Crippen molar-refractivity contribution in [2.24, 2.45) is 0 Å². The van der Waals surface area contributed by atoms with Gasteiger partial charge in [-0.25, -0.2) is 4.79 Å². The average molecular weight is 262 g/mol. The highest BCUT2D eigenvalue weighted by atomic mass is 16.5. The molecular weight excluding hydrogens is 244 g/mol. The van der Waals surface area contributed by atoms with Crippen LogP contribution in [0.5, 0.6) is 0 Å². The zero-order valence-electron chi connectivity index (χ0n) is 11.0. The molecule has 2 rings (SSSR count). The quantitative estimate of drug-likeness (QED) is 0.911. The van der Waals surface area contributed by atoms with Crippen molar-refractivity contribution >= 4 is 23.4 Å². The summed E-state index contributed by atoms with van der Waals surface area (Å²) in [6.45, 7) is 2.86. The Bertz CT molecular complexity index is 456. The second kappa shape index (κ2) is 6.22. The molecular formula is C14H18N2O3. The maximum absolute atomic E-state index is 11.8. The average Bonchev–Trinajstić information content (AvgIpc) is 2.41. The maximum atomic E-state index is 11.8. The number of ether oxygens (including phenoxy) is 1. The smallest absolute Gasteiger partial charge is 0.411 e. The van der Waals surface area contributed by atoms with Crippen LogP contribution in [0.2, 0.25) is 0 Å². The number of nitrogens with one attached hydrogen (secondary N) is 1. The van der Waals surface area contributed by atoms with Crippen molar-refractivity contribution in [2.75, 3.05) is 23.4 Å². The zero-order chi connectivity index (χ0) is 13.7. The van der Waals surface area contributed by atoms with Gasteiger partial charge in [0.2, 0.25) is 5.91 Å². The molecule has 1 heterocycles. The number of carbonyl (C=O) groups excluding carboxylic acids is 2.